The van der Waals surface area contributed by atoms with E-state index >= 15 is 0 Å². The average Bonchev–Trinajstić information content (AvgIpc) is 2.77. The number of amides is 3. The van der Waals surface area contributed by atoms with Gasteiger partial charge in [-0.3, -0.25) is 29.3 Å². The molecule has 24 heteroatoms. The van der Waals surface area contributed by atoms with Crippen LogP contribution in [0, 0.1) is 70.8 Å². The van der Waals surface area contributed by atoms with Gasteiger partial charge in [0.2, 0.25) is 0 Å². The molecule has 84 heavy (non-hydrogen) atoms. The van der Waals surface area contributed by atoms with E-state index in [4.69, 9.17) is 34.4 Å². The Morgan fingerprint density at radius 1 is 0.464 bits per heavy atom. The molecule has 0 unspecified atom stereocenters. The lowest BCUT2D eigenvalue weighted by Crippen LogP contribution is -2.38. The molecule has 456 valence electrons. The maximum Gasteiger partial charge on any atom is 0.252 e. The fraction of sp³-hybridized carbons (Fsp3) is 0.450. The highest BCUT2D eigenvalue weighted by Gasteiger charge is 2.24. The minimum atomic E-state index is -0.788. The molecule has 0 aliphatic carbocycles. The smallest absolute Gasteiger partial charge is 0.252 e. The summed E-state index contributed by atoms with van der Waals surface area (Å²) in [5.41, 5.74) is 40.9. The number of carbonyl (C=O) groups excluding carboxylic acids is 3. The largest absolute Gasteiger partial charge is 0.365 e. The molecule has 6 rings (SSSR count). The van der Waals surface area contributed by atoms with Crippen molar-refractivity contribution in [3.05, 3.63) is 123 Å². The number of nitrogens with zero attached hydrogens (tertiary/aromatic N) is 6. The SMILES string of the molecule is CCCC[C@@H](Nc1nc(Nc2cnc(C)c(C)c2)c(C(N)=O)cc1F)C(C)C.Cc1cc(Nc2nc(N[C@H](CCCN)C(C)C)c(F)cc2C(N)=O)cnc1C.Cc1cc(Nc2nc(N[C@H](CCCN)[C@H](C)N)c(F)cc2C(N)=O)cnc1C. The third kappa shape index (κ3) is 20.3. The average molecular weight is 1170 g/mol. The molecule has 3 amide bonds. The predicted molar refractivity (Wildman–Crippen MR) is 331 cm³/mol. The highest BCUT2D eigenvalue weighted by Crippen LogP contribution is 2.30. The van der Waals surface area contributed by atoms with Gasteiger partial charge in [0, 0.05) is 41.2 Å². The zero-order valence-corrected chi connectivity index (χ0v) is 50.5. The van der Waals surface area contributed by atoms with Crippen LogP contribution in [0.2, 0.25) is 0 Å². The molecule has 0 fully saturated rings. The van der Waals surface area contributed by atoms with Crippen molar-refractivity contribution in [3.63, 3.8) is 0 Å². The van der Waals surface area contributed by atoms with Crippen molar-refractivity contribution in [3.8, 4) is 0 Å². The van der Waals surface area contributed by atoms with E-state index in [0.717, 1.165) is 90.5 Å². The van der Waals surface area contributed by atoms with Gasteiger partial charge in [-0.05, 0) is 159 Å². The van der Waals surface area contributed by atoms with Crippen molar-refractivity contribution in [1.29, 1.82) is 0 Å². The number of hydrogen-bond donors (Lipinski definition) is 12. The van der Waals surface area contributed by atoms with Gasteiger partial charge in [0.05, 0.1) is 52.3 Å². The van der Waals surface area contributed by atoms with Crippen molar-refractivity contribution < 1.29 is 27.6 Å². The van der Waals surface area contributed by atoms with Gasteiger partial charge in [0.1, 0.15) is 17.5 Å². The first-order chi connectivity index (χ1) is 39.7. The zero-order chi connectivity index (χ0) is 62.5. The molecule has 18 N–H and O–H groups in total. The summed E-state index contributed by atoms with van der Waals surface area (Å²) in [4.78, 5) is 61.1. The zero-order valence-electron chi connectivity index (χ0n) is 50.5. The first-order valence-electron chi connectivity index (χ1n) is 28.2. The van der Waals surface area contributed by atoms with Crippen LogP contribution < -0.4 is 66.3 Å². The Morgan fingerprint density at radius 3 is 1.00 bits per heavy atom. The summed E-state index contributed by atoms with van der Waals surface area (Å²) in [7, 11) is 0. The molecule has 0 bridgehead atoms. The van der Waals surface area contributed by atoms with Crippen molar-refractivity contribution in [2.75, 3.05) is 45.0 Å². The summed E-state index contributed by atoms with van der Waals surface area (Å²) in [6.07, 6.45) is 10.9. The van der Waals surface area contributed by atoms with E-state index in [1.807, 2.05) is 80.5 Å². The second-order valence-corrected chi connectivity index (χ2v) is 21.6. The highest BCUT2D eigenvalue weighted by molar-refractivity contribution is 6.00. The number of aryl methyl sites for hydroxylation is 6. The standard InChI is InChI=1S/C21H30FN5O.C20H29FN6O.C19H28FN7O/c1-6-7-8-18(12(2)3)26-21-17(22)10-16(19(23)28)20(27-21)25-15-9-13(4)14(5)24-11-15;1-11(2)17(6-5-7-22)26-20-16(21)9-15(18(23)28)19(27-20)25-14-8-12(3)13(4)24-10-14;1-10-7-13(9-24-12(10)3)25-18-14(17(23)28)8-15(20)19(27-18)26-16(11(2)22)5-4-6-21/h9-12,18H,6-8H2,1-5H3,(H2,23,28)(H2,25,26,27);8-11,17H,5-7,22H2,1-4H3,(H2,23,28)(H2,25,26,27);7-9,11,16H,4-6,21-22H2,1-3H3,(H2,23,28)(H2,25,26,27)/t18-;17-;11-,16+/m110/s1. The van der Waals surface area contributed by atoms with Crippen LogP contribution in [0.1, 0.15) is 151 Å². The Morgan fingerprint density at radius 2 is 0.750 bits per heavy atom. The Labute approximate surface area is 491 Å². The molecule has 0 radical (unpaired) electrons. The summed E-state index contributed by atoms with van der Waals surface area (Å²) < 4.78 is 43.8. The Hall–Kier alpha value is -8.22. The number of aromatic nitrogens is 6. The number of hydrogen-bond acceptors (Lipinski definition) is 18. The van der Waals surface area contributed by atoms with Crippen LogP contribution in [0.3, 0.4) is 0 Å². The van der Waals surface area contributed by atoms with Gasteiger partial charge in [0.25, 0.3) is 17.7 Å². The normalized spacial score (nSPS) is 12.4. The summed E-state index contributed by atoms with van der Waals surface area (Å²) in [5.74, 6) is -2.94. The minimum absolute atomic E-state index is 0.00103. The van der Waals surface area contributed by atoms with Gasteiger partial charge in [-0.15, -0.1) is 0 Å². The molecule has 0 aliphatic heterocycles. The molecule has 0 saturated carbocycles. The van der Waals surface area contributed by atoms with Gasteiger partial charge in [-0.1, -0.05) is 47.5 Å². The summed E-state index contributed by atoms with van der Waals surface area (Å²) in [5, 5.41) is 18.5. The number of primary amides is 3. The number of rotatable bonds is 27. The van der Waals surface area contributed by atoms with Gasteiger partial charge >= 0.3 is 0 Å². The van der Waals surface area contributed by atoms with Crippen molar-refractivity contribution >= 4 is 69.7 Å². The summed E-state index contributed by atoms with van der Waals surface area (Å²) >= 11 is 0. The van der Waals surface area contributed by atoms with Gasteiger partial charge in [-0.2, -0.15) is 0 Å². The lowest BCUT2D eigenvalue weighted by molar-refractivity contribution is 0.0992. The van der Waals surface area contributed by atoms with E-state index in [2.05, 4.69) is 82.6 Å². The fourth-order valence-electron chi connectivity index (χ4n) is 8.40. The number of nitrogens with two attached hydrogens (primary N) is 6. The van der Waals surface area contributed by atoms with E-state index in [0.29, 0.717) is 42.5 Å². The number of carbonyl (C=O) groups is 3. The molecule has 0 spiro atoms. The highest BCUT2D eigenvalue weighted by atomic mass is 19.1. The maximum absolute atomic E-state index is 14.6. The van der Waals surface area contributed by atoms with Gasteiger partial charge < -0.3 is 66.3 Å². The lowest BCUT2D eigenvalue weighted by atomic mass is 9.98. The Kier molecular flexibility index (Phi) is 26.5. The Bertz CT molecular complexity index is 2850. The molecular formula is C60H87F3N18O3. The van der Waals surface area contributed by atoms with E-state index in [1.54, 1.807) is 18.6 Å². The van der Waals surface area contributed by atoms with Crippen molar-refractivity contribution in [1.82, 2.24) is 29.9 Å². The van der Waals surface area contributed by atoms with Crippen LogP contribution in [0.5, 0.6) is 0 Å². The van der Waals surface area contributed by atoms with Crippen LogP contribution in [0.15, 0.2) is 55.0 Å². The number of anilines is 9. The van der Waals surface area contributed by atoms with E-state index in [9.17, 15) is 27.6 Å². The van der Waals surface area contributed by atoms with Crippen LogP contribution in [-0.4, -0.2) is 84.9 Å². The van der Waals surface area contributed by atoms with Crippen LogP contribution in [0.25, 0.3) is 0 Å². The van der Waals surface area contributed by atoms with Crippen molar-refractivity contribution in [2.24, 2.45) is 46.2 Å². The lowest BCUT2D eigenvalue weighted by Gasteiger charge is -2.24. The molecule has 4 atom stereocenters. The summed E-state index contributed by atoms with van der Waals surface area (Å²) in [6, 6.07) is 8.55. The third-order valence-electron chi connectivity index (χ3n) is 14.1. The first-order valence-corrected chi connectivity index (χ1v) is 28.2. The minimum Gasteiger partial charge on any atom is -0.365 e. The maximum atomic E-state index is 14.6. The molecule has 21 nitrogen and oxygen atoms in total. The molecule has 0 aromatic carbocycles. The topological polar surface area (TPSA) is 357 Å². The van der Waals surface area contributed by atoms with E-state index < -0.39 is 35.2 Å². The Balaban J connectivity index is 0.000000270. The molecule has 6 aromatic rings. The predicted octanol–water partition coefficient (Wildman–Crippen LogP) is 9.89. The second kappa shape index (κ2) is 32.6. The van der Waals surface area contributed by atoms with Crippen LogP contribution in [0.4, 0.5) is 65.1 Å². The summed E-state index contributed by atoms with van der Waals surface area (Å²) in [6.45, 7) is 24.8. The monoisotopic (exact) mass is 1160 g/mol. The molecular weight excluding hydrogens is 1080 g/mol. The van der Waals surface area contributed by atoms with Crippen LogP contribution in [-0.2, 0) is 0 Å². The van der Waals surface area contributed by atoms with Crippen LogP contribution >= 0.6 is 0 Å². The van der Waals surface area contributed by atoms with Crippen molar-refractivity contribution in [2.45, 2.75) is 152 Å². The van der Waals surface area contributed by atoms with E-state index in [-0.39, 0.29) is 81.7 Å². The molecule has 6 heterocycles. The molecule has 6 aromatic heterocycles. The second-order valence-electron chi connectivity index (χ2n) is 21.6. The number of nitrogens with one attached hydrogen (secondary N) is 6. The van der Waals surface area contributed by atoms with Gasteiger partial charge in [-0.25, -0.2) is 28.1 Å². The van der Waals surface area contributed by atoms with Gasteiger partial charge in [0.15, 0.2) is 34.9 Å². The van der Waals surface area contributed by atoms with E-state index in [1.165, 1.54) is 0 Å². The number of pyridine rings is 6. The first kappa shape index (κ1) is 68.3. The number of halogens is 3. The third-order valence-corrected chi connectivity index (χ3v) is 14.1. The molecule has 0 aliphatic rings. The number of unbranched alkanes of at least 4 members (excludes halogenated alkanes) is 1. The quantitative estimate of drug-likeness (QED) is 0.0228. The molecule has 0 saturated heterocycles. The fourth-order valence-corrected chi connectivity index (χ4v) is 8.40.